The van der Waals surface area contributed by atoms with Crippen LogP contribution in [0, 0.1) is 0 Å². The van der Waals surface area contributed by atoms with Crippen molar-refractivity contribution in [3.8, 4) is 0 Å². The van der Waals surface area contributed by atoms with E-state index < -0.39 is 5.54 Å². The summed E-state index contributed by atoms with van der Waals surface area (Å²) in [6.07, 6.45) is 1.89. The number of carbonyl (C=O) groups excluding carboxylic acids is 1. The molecule has 1 amide bonds. The predicted molar refractivity (Wildman–Crippen MR) is 44.6 cm³/mol. The fraction of sp³-hybridized carbons (Fsp3) is 0.750. The molecule has 0 saturated heterocycles. The van der Waals surface area contributed by atoms with Gasteiger partial charge in [-0.15, -0.1) is 0 Å². The van der Waals surface area contributed by atoms with Gasteiger partial charge in [0.1, 0.15) is 11.4 Å². The Bertz CT molecular complexity index is 206. The van der Waals surface area contributed by atoms with E-state index in [2.05, 4.69) is 17.2 Å². The van der Waals surface area contributed by atoms with Gasteiger partial charge < -0.3 is 5.32 Å². The zero-order valence-electron chi connectivity index (χ0n) is 7.27. The predicted octanol–water partition coefficient (Wildman–Crippen LogP) is 1.09. The molecule has 0 unspecified atom stereocenters. The highest BCUT2D eigenvalue weighted by atomic mass is 16.2. The number of aliphatic imine (C=N–C) groups is 1. The number of nitrogens with one attached hydrogen (secondary N) is 1. The third kappa shape index (κ3) is 1.59. The van der Waals surface area contributed by atoms with Gasteiger partial charge in [-0.1, -0.05) is 6.92 Å². The quantitative estimate of drug-likeness (QED) is 0.635. The van der Waals surface area contributed by atoms with Gasteiger partial charge in [0.2, 0.25) is 0 Å². The molecule has 3 nitrogen and oxygen atoms in total. The number of amides is 1. The van der Waals surface area contributed by atoms with Crippen LogP contribution in [0.15, 0.2) is 4.99 Å². The zero-order chi connectivity index (χ0) is 8.48. The Morgan fingerprint density at radius 1 is 1.55 bits per heavy atom. The number of nitrogens with zero attached hydrogens (tertiary/aromatic N) is 1. The van der Waals surface area contributed by atoms with Crippen molar-refractivity contribution in [2.45, 2.75) is 39.2 Å². The van der Waals surface area contributed by atoms with Crippen molar-refractivity contribution in [3.63, 3.8) is 0 Å². The van der Waals surface area contributed by atoms with Crippen LogP contribution in [0.4, 0.5) is 0 Å². The fourth-order valence-corrected chi connectivity index (χ4v) is 1.06. The van der Waals surface area contributed by atoms with E-state index >= 15 is 0 Å². The van der Waals surface area contributed by atoms with Gasteiger partial charge in [-0.25, -0.2) is 0 Å². The first-order valence-corrected chi connectivity index (χ1v) is 3.96. The molecule has 0 aromatic carbocycles. The highest BCUT2D eigenvalue weighted by Gasteiger charge is 2.33. The molecule has 0 fully saturated rings. The average Bonchev–Trinajstić information content (AvgIpc) is 2.08. The zero-order valence-corrected chi connectivity index (χ0v) is 7.27. The molecular formula is C8H14N2O. The minimum Gasteiger partial charge on any atom is -0.312 e. The van der Waals surface area contributed by atoms with E-state index in [0.29, 0.717) is 0 Å². The van der Waals surface area contributed by atoms with Crippen LogP contribution >= 0.6 is 0 Å². The summed E-state index contributed by atoms with van der Waals surface area (Å²) < 4.78 is 0. The summed E-state index contributed by atoms with van der Waals surface area (Å²) in [6, 6.07) is 0. The summed E-state index contributed by atoms with van der Waals surface area (Å²) in [5, 5.41) is 2.76. The number of hydrogen-bond acceptors (Lipinski definition) is 2. The lowest BCUT2D eigenvalue weighted by atomic mass is 10.1. The minimum absolute atomic E-state index is 0.0148. The van der Waals surface area contributed by atoms with E-state index in [4.69, 9.17) is 0 Å². The lowest BCUT2D eigenvalue weighted by molar-refractivity contribution is -0.122. The Hall–Kier alpha value is -0.860. The molecule has 0 aromatic rings. The molecule has 0 saturated carbocycles. The first-order chi connectivity index (χ1) is 5.06. The summed E-state index contributed by atoms with van der Waals surface area (Å²) in [4.78, 5) is 15.4. The Labute approximate surface area is 66.9 Å². The van der Waals surface area contributed by atoms with E-state index in [1.807, 2.05) is 13.8 Å². The number of amidine groups is 1. The summed E-state index contributed by atoms with van der Waals surface area (Å²) in [6.45, 7) is 5.72. The van der Waals surface area contributed by atoms with Crippen LogP contribution in [0.3, 0.4) is 0 Å². The smallest absolute Gasteiger partial charge is 0.252 e. The molecule has 1 aliphatic rings. The molecule has 0 aliphatic carbocycles. The summed E-state index contributed by atoms with van der Waals surface area (Å²) in [5.74, 6) is 0.850. The van der Waals surface area contributed by atoms with Crippen molar-refractivity contribution in [1.82, 2.24) is 5.32 Å². The molecule has 1 heterocycles. The largest absolute Gasteiger partial charge is 0.312 e. The van der Waals surface area contributed by atoms with E-state index in [0.717, 1.165) is 18.7 Å². The molecule has 1 aliphatic heterocycles. The summed E-state index contributed by atoms with van der Waals surface area (Å²) in [5.41, 5.74) is -0.537. The van der Waals surface area contributed by atoms with Crippen molar-refractivity contribution in [3.05, 3.63) is 0 Å². The van der Waals surface area contributed by atoms with E-state index in [1.165, 1.54) is 0 Å². The number of carbonyl (C=O) groups is 1. The molecule has 11 heavy (non-hydrogen) atoms. The van der Waals surface area contributed by atoms with Crippen molar-refractivity contribution < 1.29 is 4.79 Å². The van der Waals surface area contributed by atoms with Gasteiger partial charge in [0.05, 0.1) is 0 Å². The van der Waals surface area contributed by atoms with Crippen LogP contribution in [0.1, 0.15) is 33.6 Å². The van der Waals surface area contributed by atoms with Gasteiger partial charge >= 0.3 is 0 Å². The average molecular weight is 154 g/mol. The van der Waals surface area contributed by atoms with Gasteiger partial charge in [-0.05, 0) is 20.3 Å². The highest BCUT2D eigenvalue weighted by Crippen LogP contribution is 2.15. The second kappa shape index (κ2) is 2.64. The maximum Gasteiger partial charge on any atom is 0.252 e. The van der Waals surface area contributed by atoms with Crippen LogP contribution in [-0.4, -0.2) is 17.3 Å². The molecular weight excluding hydrogens is 140 g/mol. The molecule has 0 atom stereocenters. The number of rotatable bonds is 2. The molecule has 0 aromatic heterocycles. The van der Waals surface area contributed by atoms with Gasteiger partial charge in [0.15, 0.2) is 0 Å². The van der Waals surface area contributed by atoms with Crippen LogP contribution in [0.25, 0.3) is 0 Å². The Morgan fingerprint density at radius 3 is 2.55 bits per heavy atom. The Kier molecular flexibility index (Phi) is 1.98. The fourth-order valence-electron chi connectivity index (χ4n) is 1.06. The van der Waals surface area contributed by atoms with Gasteiger partial charge in [-0.3, -0.25) is 9.79 Å². The molecule has 0 spiro atoms. The minimum atomic E-state index is -0.537. The van der Waals surface area contributed by atoms with Gasteiger partial charge in [0, 0.05) is 6.42 Å². The maximum atomic E-state index is 11.2. The number of hydrogen-bond donors (Lipinski definition) is 1. The monoisotopic (exact) mass is 154 g/mol. The SMILES string of the molecule is CCCC1=NC(C)(C)C(=O)N1. The molecule has 0 bridgehead atoms. The Morgan fingerprint density at radius 2 is 2.18 bits per heavy atom. The third-order valence-corrected chi connectivity index (χ3v) is 1.71. The Balaban J connectivity index is 2.68. The molecule has 3 heteroatoms. The second-order valence-electron chi connectivity index (χ2n) is 3.32. The molecule has 0 radical (unpaired) electrons. The van der Waals surface area contributed by atoms with Crippen LogP contribution in [0.2, 0.25) is 0 Å². The van der Waals surface area contributed by atoms with Crippen LogP contribution in [0.5, 0.6) is 0 Å². The normalized spacial score (nSPS) is 21.4. The summed E-state index contributed by atoms with van der Waals surface area (Å²) in [7, 11) is 0. The van der Waals surface area contributed by atoms with Gasteiger partial charge in [0.25, 0.3) is 5.91 Å². The van der Waals surface area contributed by atoms with Crippen molar-refractivity contribution in [2.24, 2.45) is 4.99 Å². The first-order valence-electron chi connectivity index (χ1n) is 3.96. The van der Waals surface area contributed by atoms with Gasteiger partial charge in [-0.2, -0.15) is 0 Å². The second-order valence-corrected chi connectivity index (χ2v) is 3.32. The van der Waals surface area contributed by atoms with Crippen LogP contribution in [-0.2, 0) is 4.79 Å². The van der Waals surface area contributed by atoms with E-state index in [9.17, 15) is 4.79 Å². The topological polar surface area (TPSA) is 41.5 Å². The standard InChI is InChI=1S/C8H14N2O/c1-4-5-6-9-7(11)8(2,3)10-6/h4-5H2,1-3H3,(H,9,10,11). The van der Waals surface area contributed by atoms with Crippen molar-refractivity contribution in [2.75, 3.05) is 0 Å². The molecule has 62 valence electrons. The van der Waals surface area contributed by atoms with Crippen molar-refractivity contribution in [1.29, 1.82) is 0 Å². The first kappa shape index (κ1) is 8.24. The molecule has 1 rings (SSSR count). The molecule has 1 N–H and O–H groups in total. The highest BCUT2D eigenvalue weighted by molar-refractivity contribution is 6.07. The van der Waals surface area contributed by atoms with E-state index in [1.54, 1.807) is 0 Å². The summed E-state index contributed by atoms with van der Waals surface area (Å²) >= 11 is 0. The lowest BCUT2D eigenvalue weighted by Crippen LogP contribution is -2.34. The maximum absolute atomic E-state index is 11.2. The lowest BCUT2D eigenvalue weighted by Gasteiger charge is -2.07. The van der Waals surface area contributed by atoms with Crippen LogP contribution < -0.4 is 5.32 Å². The van der Waals surface area contributed by atoms with Crippen molar-refractivity contribution >= 4 is 11.7 Å². The third-order valence-electron chi connectivity index (χ3n) is 1.71. The van der Waals surface area contributed by atoms with E-state index in [-0.39, 0.29) is 5.91 Å².